The summed E-state index contributed by atoms with van der Waals surface area (Å²) < 4.78 is 11.9. The molecule has 0 bridgehead atoms. The Morgan fingerprint density at radius 2 is 1.65 bits per heavy atom. The molecule has 2 aliphatic rings. The molecule has 112 valence electrons. The lowest BCUT2D eigenvalue weighted by molar-refractivity contribution is -0.141. The first kappa shape index (κ1) is 15.3. The number of rotatable bonds is 2. The molecule has 2 heterocycles. The highest BCUT2D eigenvalue weighted by Crippen LogP contribution is 2.44. The molecule has 0 aromatic heterocycles. The lowest BCUT2D eigenvalue weighted by atomic mass is 9.66. The first-order valence-corrected chi connectivity index (χ1v) is 6.89. The summed E-state index contributed by atoms with van der Waals surface area (Å²) in [5, 5.41) is 9.35. The molecule has 0 saturated carbocycles. The fourth-order valence-electron chi connectivity index (χ4n) is 2.69. The van der Waals surface area contributed by atoms with Crippen LogP contribution in [0.15, 0.2) is 0 Å². The van der Waals surface area contributed by atoms with Gasteiger partial charge in [-0.05, 0) is 27.7 Å². The molecule has 2 aliphatic heterocycles. The number of likely N-dealkylation sites (tertiary alicyclic amines) is 1. The van der Waals surface area contributed by atoms with Gasteiger partial charge in [0.1, 0.15) is 0 Å². The van der Waals surface area contributed by atoms with Crippen molar-refractivity contribution < 1.29 is 24.0 Å². The van der Waals surface area contributed by atoms with Gasteiger partial charge < -0.3 is 19.3 Å². The number of hydrogen-bond acceptors (Lipinski definition) is 4. The predicted octanol–water partition coefficient (Wildman–Crippen LogP) is 1.01. The van der Waals surface area contributed by atoms with Crippen molar-refractivity contribution in [2.75, 3.05) is 13.1 Å². The number of hydrogen-bond donors (Lipinski definition) is 1. The van der Waals surface area contributed by atoms with Crippen LogP contribution in [0.1, 0.15) is 34.6 Å². The van der Waals surface area contributed by atoms with E-state index in [4.69, 9.17) is 9.31 Å². The zero-order chi connectivity index (χ0) is 15.3. The quantitative estimate of drug-likeness (QED) is 0.765. The Morgan fingerprint density at radius 1 is 1.15 bits per heavy atom. The van der Waals surface area contributed by atoms with Gasteiger partial charge in [0.25, 0.3) is 0 Å². The molecule has 0 aromatic rings. The minimum atomic E-state index is -0.909. The van der Waals surface area contributed by atoms with Gasteiger partial charge >= 0.3 is 13.1 Å². The summed E-state index contributed by atoms with van der Waals surface area (Å²) >= 11 is 0. The van der Waals surface area contributed by atoms with Crippen molar-refractivity contribution in [3.63, 3.8) is 0 Å². The number of carbonyl (C=O) groups is 2. The number of carboxylic acid groups (broad SMARTS) is 1. The van der Waals surface area contributed by atoms with Crippen molar-refractivity contribution in [1.29, 1.82) is 0 Å². The summed E-state index contributed by atoms with van der Waals surface area (Å²) in [5.41, 5.74) is -0.991. The van der Waals surface area contributed by atoms with Crippen molar-refractivity contribution in [2.45, 2.75) is 51.6 Å². The van der Waals surface area contributed by atoms with E-state index in [9.17, 15) is 14.7 Å². The smallest absolute Gasteiger partial charge is 0.463 e. The summed E-state index contributed by atoms with van der Waals surface area (Å²) in [6.45, 7) is 9.76. The monoisotopic (exact) mass is 283 g/mol. The summed E-state index contributed by atoms with van der Waals surface area (Å²) in [4.78, 5) is 24.4. The fraction of sp³-hybridized carbons (Fsp3) is 0.846. The average molecular weight is 283 g/mol. The van der Waals surface area contributed by atoms with Gasteiger partial charge in [-0.2, -0.15) is 0 Å². The van der Waals surface area contributed by atoms with Gasteiger partial charge in [-0.25, -0.2) is 0 Å². The Kier molecular flexibility index (Phi) is 3.63. The third-order valence-corrected chi connectivity index (χ3v) is 4.75. The number of nitrogens with zero attached hydrogens (tertiary/aromatic N) is 1. The van der Waals surface area contributed by atoms with Crippen molar-refractivity contribution in [1.82, 2.24) is 4.90 Å². The van der Waals surface area contributed by atoms with Gasteiger partial charge in [0.05, 0.1) is 17.1 Å². The maximum atomic E-state index is 11.5. The highest BCUT2D eigenvalue weighted by Gasteiger charge is 2.58. The van der Waals surface area contributed by atoms with Crippen LogP contribution in [0.3, 0.4) is 0 Å². The lowest BCUT2D eigenvalue weighted by Gasteiger charge is -2.32. The van der Waals surface area contributed by atoms with E-state index in [-0.39, 0.29) is 18.3 Å². The predicted molar refractivity (Wildman–Crippen MR) is 73.2 cm³/mol. The summed E-state index contributed by atoms with van der Waals surface area (Å²) in [6.07, 6.45) is 0. The zero-order valence-electron chi connectivity index (χ0n) is 12.7. The van der Waals surface area contributed by atoms with E-state index in [1.54, 1.807) is 4.90 Å². The van der Waals surface area contributed by atoms with E-state index < -0.39 is 30.2 Å². The summed E-state index contributed by atoms with van der Waals surface area (Å²) in [5.74, 6) is -2.00. The minimum Gasteiger partial charge on any atom is -0.481 e. The largest absolute Gasteiger partial charge is 0.481 e. The normalized spacial score (nSPS) is 31.6. The maximum absolute atomic E-state index is 11.5. The van der Waals surface area contributed by atoms with Crippen LogP contribution >= 0.6 is 0 Å². The number of amides is 1. The van der Waals surface area contributed by atoms with Crippen LogP contribution in [0.4, 0.5) is 0 Å². The molecular formula is C13H22BNO5. The highest BCUT2D eigenvalue weighted by molar-refractivity contribution is 6.48. The standard InChI is InChI=1S/C13H22BNO5/c1-8(16)15-6-9(11(17)18)10(7-15)14-19-12(2,3)13(4,5)20-14/h9-10H,6-7H2,1-5H3,(H,17,18)/t9-,10-/m1/s1. The van der Waals surface area contributed by atoms with Crippen molar-refractivity contribution in [3.05, 3.63) is 0 Å². The number of aliphatic carboxylic acids is 1. The topological polar surface area (TPSA) is 76.1 Å². The van der Waals surface area contributed by atoms with Crippen molar-refractivity contribution >= 4 is 19.0 Å². The molecular weight excluding hydrogens is 261 g/mol. The molecule has 2 fully saturated rings. The van der Waals surface area contributed by atoms with Gasteiger partial charge in [0.2, 0.25) is 5.91 Å². The molecule has 20 heavy (non-hydrogen) atoms. The first-order chi connectivity index (χ1) is 9.05. The van der Waals surface area contributed by atoms with E-state index >= 15 is 0 Å². The summed E-state index contributed by atoms with van der Waals surface area (Å²) in [7, 11) is -0.592. The fourth-order valence-corrected chi connectivity index (χ4v) is 2.69. The molecule has 0 aromatic carbocycles. The molecule has 0 spiro atoms. The van der Waals surface area contributed by atoms with Gasteiger partial charge in [-0.3, -0.25) is 9.59 Å². The Bertz CT molecular complexity index is 420. The molecule has 2 atom stereocenters. The Morgan fingerprint density at radius 3 is 2.05 bits per heavy atom. The molecule has 0 radical (unpaired) electrons. The third kappa shape index (κ3) is 2.44. The molecule has 0 aliphatic carbocycles. The van der Waals surface area contributed by atoms with Gasteiger partial charge in [-0.1, -0.05) is 0 Å². The van der Waals surface area contributed by atoms with E-state index in [1.165, 1.54) is 6.92 Å². The average Bonchev–Trinajstić information content (AvgIpc) is 2.79. The van der Waals surface area contributed by atoms with E-state index in [0.717, 1.165) is 0 Å². The Labute approximate surface area is 119 Å². The van der Waals surface area contributed by atoms with E-state index in [2.05, 4.69) is 0 Å². The number of carboxylic acids is 1. The van der Waals surface area contributed by atoms with Crippen LogP contribution in [0.5, 0.6) is 0 Å². The van der Waals surface area contributed by atoms with Crippen LogP contribution in [0.25, 0.3) is 0 Å². The van der Waals surface area contributed by atoms with Crippen molar-refractivity contribution in [3.8, 4) is 0 Å². The molecule has 0 unspecified atom stereocenters. The second-order valence-electron chi connectivity index (χ2n) is 6.66. The van der Waals surface area contributed by atoms with Gasteiger partial charge in [0.15, 0.2) is 0 Å². The number of carbonyl (C=O) groups excluding carboxylic acids is 1. The SMILES string of the molecule is CC(=O)N1C[C@@H](B2OC(C)(C)C(C)(C)O2)[C@H](C(=O)O)C1. The van der Waals surface area contributed by atoms with Crippen LogP contribution in [0, 0.1) is 5.92 Å². The van der Waals surface area contributed by atoms with Crippen LogP contribution < -0.4 is 0 Å². The van der Waals surface area contributed by atoms with Crippen LogP contribution in [0.2, 0.25) is 5.82 Å². The molecule has 2 saturated heterocycles. The molecule has 1 N–H and O–H groups in total. The summed E-state index contributed by atoms with van der Waals surface area (Å²) in [6, 6.07) is 0. The third-order valence-electron chi connectivity index (χ3n) is 4.75. The molecule has 7 heteroatoms. The maximum Gasteiger partial charge on any atom is 0.463 e. The zero-order valence-corrected chi connectivity index (χ0v) is 12.7. The first-order valence-electron chi connectivity index (χ1n) is 6.89. The van der Waals surface area contributed by atoms with E-state index in [1.807, 2.05) is 27.7 Å². The molecule has 1 amide bonds. The van der Waals surface area contributed by atoms with Gasteiger partial charge in [0, 0.05) is 25.8 Å². The Hall–Kier alpha value is -1.08. The second-order valence-corrected chi connectivity index (χ2v) is 6.66. The highest BCUT2D eigenvalue weighted by atomic mass is 16.7. The van der Waals surface area contributed by atoms with Crippen LogP contribution in [-0.4, -0.2) is 53.3 Å². The second kappa shape index (κ2) is 4.74. The minimum absolute atomic E-state index is 0.115. The molecule has 6 nitrogen and oxygen atoms in total. The van der Waals surface area contributed by atoms with Crippen molar-refractivity contribution in [2.24, 2.45) is 5.92 Å². The lowest BCUT2D eigenvalue weighted by Crippen LogP contribution is -2.41. The van der Waals surface area contributed by atoms with Gasteiger partial charge in [-0.15, -0.1) is 0 Å². The van der Waals surface area contributed by atoms with Crippen LogP contribution in [-0.2, 0) is 18.9 Å². The van der Waals surface area contributed by atoms with E-state index in [0.29, 0.717) is 6.54 Å². The Balaban J connectivity index is 2.19. The molecule has 2 rings (SSSR count).